The van der Waals surface area contributed by atoms with Gasteiger partial charge in [0, 0.05) is 47.8 Å². The fourth-order valence-electron chi connectivity index (χ4n) is 4.30. The molecule has 3 heterocycles. The predicted octanol–water partition coefficient (Wildman–Crippen LogP) is 4.12. The van der Waals surface area contributed by atoms with Crippen molar-refractivity contribution in [1.82, 2.24) is 14.5 Å². The lowest BCUT2D eigenvalue weighted by Crippen LogP contribution is -2.35. The Labute approximate surface area is 162 Å². The number of para-hydroxylation sites is 1. The van der Waals surface area contributed by atoms with E-state index in [0.29, 0.717) is 11.6 Å². The van der Waals surface area contributed by atoms with Crippen molar-refractivity contribution in [3.8, 4) is 0 Å². The third-order valence-corrected chi connectivity index (χ3v) is 5.62. The summed E-state index contributed by atoms with van der Waals surface area (Å²) in [5.41, 5.74) is 2.48. The van der Waals surface area contributed by atoms with Gasteiger partial charge in [-0.3, -0.25) is 0 Å². The number of carboxylic acids is 1. The third-order valence-electron chi connectivity index (χ3n) is 5.62. The highest BCUT2D eigenvalue weighted by Crippen LogP contribution is 2.36. The van der Waals surface area contributed by atoms with Gasteiger partial charge >= 0.3 is 5.97 Å². The Bertz CT molecular complexity index is 1160. The van der Waals surface area contributed by atoms with Crippen molar-refractivity contribution in [1.29, 1.82) is 0 Å². The molecule has 1 aliphatic heterocycles. The van der Waals surface area contributed by atoms with E-state index in [2.05, 4.69) is 31.6 Å². The van der Waals surface area contributed by atoms with E-state index in [9.17, 15) is 9.90 Å². The molecule has 28 heavy (non-hydrogen) atoms. The minimum Gasteiger partial charge on any atom is -0.478 e. The Morgan fingerprint density at radius 1 is 0.929 bits per heavy atom. The van der Waals surface area contributed by atoms with Crippen molar-refractivity contribution in [2.24, 2.45) is 0 Å². The van der Waals surface area contributed by atoms with Gasteiger partial charge in [-0.25, -0.2) is 14.8 Å². The van der Waals surface area contributed by atoms with Crippen LogP contribution in [0.1, 0.15) is 29.2 Å². The van der Waals surface area contributed by atoms with Crippen LogP contribution in [0.5, 0.6) is 0 Å². The normalized spacial score (nSPS) is 15.4. The lowest BCUT2D eigenvalue weighted by molar-refractivity contribution is 0.0697. The molecule has 0 radical (unpaired) electrons. The van der Waals surface area contributed by atoms with Crippen LogP contribution in [0.25, 0.3) is 21.8 Å². The maximum Gasteiger partial charge on any atom is 0.335 e. The lowest BCUT2D eigenvalue weighted by atomic mass is 10.0. The van der Waals surface area contributed by atoms with Crippen LogP contribution in [-0.2, 0) is 0 Å². The first kappa shape index (κ1) is 16.7. The number of rotatable bonds is 3. The molecule has 0 bridgehead atoms. The summed E-state index contributed by atoms with van der Waals surface area (Å²) >= 11 is 0. The number of nitrogens with zero attached hydrogens (tertiary/aromatic N) is 4. The number of aromatic nitrogens is 3. The highest BCUT2D eigenvalue weighted by atomic mass is 16.4. The number of anilines is 1. The zero-order chi connectivity index (χ0) is 19.1. The molecular formula is C22H20N4O2. The molecule has 5 rings (SSSR count). The topological polar surface area (TPSA) is 71.2 Å². The molecule has 1 aliphatic rings. The summed E-state index contributed by atoms with van der Waals surface area (Å²) in [4.78, 5) is 22.5. The van der Waals surface area contributed by atoms with Gasteiger partial charge in [-0.1, -0.05) is 24.3 Å². The summed E-state index contributed by atoms with van der Waals surface area (Å²) in [6.07, 6.45) is 5.47. The molecule has 0 atom stereocenters. The smallest absolute Gasteiger partial charge is 0.335 e. The molecule has 4 aromatic rings. The van der Waals surface area contributed by atoms with Crippen molar-refractivity contribution >= 4 is 33.7 Å². The van der Waals surface area contributed by atoms with Gasteiger partial charge in [0.1, 0.15) is 0 Å². The van der Waals surface area contributed by atoms with E-state index >= 15 is 0 Å². The molecule has 0 saturated carbocycles. The fraction of sp³-hybridized carbons (Fsp3) is 0.227. The van der Waals surface area contributed by atoms with E-state index in [1.807, 2.05) is 30.3 Å². The van der Waals surface area contributed by atoms with Gasteiger partial charge in [0.15, 0.2) is 0 Å². The number of benzene rings is 2. The van der Waals surface area contributed by atoms with Crippen LogP contribution >= 0.6 is 0 Å². The summed E-state index contributed by atoms with van der Waals surface area (Å²) in [5.74, 6) is -0.119. The monoisotopic (exact) mass is 372 g/mol. The Balaban J connectivity index is 1.56. The van der Waals surface area contributed by atoms with Crippen LogP contribution in [0.4, 0.5) is 5.95 Å². The number of carbonyl (C=O) groups is 1. The van der Waals surface area contributed by atoms with E-state index in [0.717, 1.165) is 48.3 Å². The van der Waals surface area contributed by atoms with E-state index in [4.69, 9.17) is 0 Å². The number of hydrogen-bond acceptors (Lipinski definition) is 4. The highest BCUT2D eigenvalue weighted by Gasteiger charge is 2.25. The second kappa shape index (κ2) is 6.64. The Kier molecular flexibility index (Phi) is 3.97. The maximum atomic E-state index is 11.5. The largest absolute Gasteiger partial charge is 0.478 e. The second-order valence-corrected chi connectivity index (χ2v) is 7.19. The van der Waals surface area contributed by atoms with Gasteiger partial charge < -0.3 is 14.6 Å². The molecule has 1 saturated heterocycles. The summed E-state index contributed by atoms with van der Waals surface area (Å²) in [6.45, 7) is 1.75. The lowest BCUT2D eigenvalue weighted by Gasteiger charge is -2.33. The van der Waals surface area contributed by atoms with Gasteiger partial charge in [-0.05, 0) is 37.1 Å². The first-order chi connectivity index (χ1) is 13.7. The minimum absolute atomic E-state index is 0.311. The van der Waals surface area contributed by atoms with Crippen LogP contribution in [0.3, 0.4) is 0 Å². The third kappa shape index (κ3) is 2.69. The maximum absolute atomic E-state index is 11.5. The Morgan fingerprint density at radius 2 is 1.64 bits per heavy atom. The summed E-state index contributed by atoms with van der Waals surface area (Å²) in [7, 11) is 0. The molecule has 1 N–H and O–H groups in total. The number of carboxylic acid groups (broad SMARTS) is 1. The first-order valence-corrected chi connectivity index (χ1v) is 9.50. The zero-order valence-corrected chi connectivity index (χ0v) is 15.3. The fourth-order valence-corrected chi connectivity index (χ4v) is 4.30. The van der Waals surface area contributed by atoms with Crippen LogP contribution < -0.4 is 4.90 Å². The van der Waals surface area contributed by atoms with Crippen LogP contribution in [-0.4, -0.2) is 38.7 Å². The molecule has 0 aliphatic carbocycles. The number of fused-ring (bicyclic) bond motifs is 3. The van der Waals surface area contributed by atoms with Crippen LogP contribution in [0.2, 0.25) is 0 Å². The van der Waals surface area contributed by atoms with E-state index in [-0.39, 0.29) is 0 Å². The van der Waals surface area contributed by atoms with E-state index in [1.54, 1.807) is 18.5 Å². The molecule has 1 fully saturated rings. The molecule has 140 valence electrons. The van der Waals surface area contributed by atoms with Crippen molar-refractivity contribution in [2.75, 3.05) is 18.0 Å². The average Bonchev–Trinajstić information content (AvgIpc) is 3.08. The van der Waals surface area contributed by atoms with Crippen molar-refractivity contribution < 1.29 is 9.90 Å². The van der Waals surface area contributed by atoms with Gasteiger partial charge in [0.05, 0.1) is 11.1 Å². The summed E-state index contributed by atoms with van der Waals surface area (Å²) < 4.78 is 2.33. The predicted molar refractivity (Wildman–Crippen MR) is 109 cm³/mol. The van der Waals surface area contributed by atoms with Gasteiger partial charge in [-0.2, -0.15) is 0 Å². The molecule has 6 nitrogen and oxygen atoms in total. The van der Waals surface area contributed by atoms with Gasteiger partial charge in [-0.15, -0.1) is 0 Å². The van der Waals surface area contributed by atoms with Crippen LogP contribution in [0.15, 0.2) is 60.9 Å². The van der Waals surface area contributed by atoms with Gasteiger partial charge in [0.2, 0.25) is 5.95 Å². The van der Waals surface area contributed by atoms with Crippen molar-refractivity contribution in [3.63, 3.8) is 0 Å². The highest BCUT2D eigenvalue weighted by molar-refractivity contribution is 6.09. The first-order valence-electron chi connectivity index (χ1n) is 9.50. The summed E-state index contributed by atoms with van der Waals surface area (Å²) in [5, 5.41) is 11.7. The van der Waals surface area contributed by atoms with Crippen molar-refractivity contribution in [2.45, 2.75) is 18.9 Å². The molecule has 6 heteroatoms. The zero-order valence-electron chi connectivity index (χ0n) is 15.3. The van der Waals surface area contributed by atoms with Gasteiger partial charge in [0.25, 0.3) is 0 Å². The number of aromatic carboxylic acids is 1. The van der Waals surface area contributed by atoms with Crippen molar-refractivity contribution in [3.05, 3.63) is 66.5 Å². The quantitative estimate of drug-likeness (QED) is 0.586. The SMILES string of the molecule is O=C(O)c1ccc2c3ccccc3n(C3CCN(c4ncccn4)CC3)c2c1. The molecule has 0 amide bonds. The minimum atomic E-state index is -0.894. The molecule has 0 unspecified atom stereocenters. The summed E-state index contributed by atoms with van der Waals surface area (Å²) in [6, 6.07) is 15.9. The Morgan fingerprint density at radius 3 is 2.39 bits per heavy atom. The number of hydrogen-bond donors (Lipinski definition) is 1. The van der Waals surface area contributed by atoms with E-state index in [1.165, 1.54) is 5.39 Å². The average molecular weight is 372 g/mol. The molecule has 0 spiro atoms. The molecule has 2 aromatic carbocycles. The second-order valence-electron chi connectivity index (χ2n) is 7.19. The van der Waals surface area contributed by atoms with Crippen LogP contribution in [0, 0.1) is 0 Å². The Hall–Kier alpha value is -3.41. The van der Waals surface area contributed by atoms with E-state index < -0.39 is 5.97 Å². The molecule has 2 aromatic heterocycles. The standard InChI is InChI=1S/C22H20N4O2/c27-21(28)15-6-7-18-17-4-1-2-5-19(17)26(20(18)14-15)16-8-12-25(13-9-16)22-23-10-3-11-24-22/h1-7,10-11,14,16H,8-9,12-13H2,(H,27,28). The molecular weight excluding hydrogens is 352 g/mol. The number of piperidine rings is 1.